The van der Waals surface area contributed by atoms with Crippen molar-refractivity contribution in [3.05, 3.63) is 47.0 Å². The first-order valence-corrected chi connectivity index (χ1v) is 6.56. The molecule has 0 aliphatic rings. The van der Waals surface area contributed by atoms with Gasteiger partial charge in [-0.25, -0.2) is 4.98 Å². The normalized spacial score (nSPS) is 10.9. The minimum atomic E-state index is 0.408. The van der Waals surface area contributed by atoms with Crippen LogP contribution in [0.25, 0.3) is 16.7 Å². The lowest BCUT2D eigenvalue weighted by molar-refractivity contribution is 0.413. The number of fused-ring (bicyclic) bond motifs is 1. The summed E-state index contributed by atoms with van der Waals surface area (Å²) in [6.07, 6.45) is 0. The summed E-state index contributed by atoms with van der Waals surface area (Å²) in [4.78, 5) is 4.38. The topological polar surface area (TPSA) is 53.1 Å². The number of ether oxygens (including phenoxy) is 1. The fraction of sp³-hybridized carbons (Fsp3) is 0.133. The first-order chi connectivity index (χ1) is 9.60. The summed E-state index contributed by atoms with van der Waals surface area (Å²) in [5.41, 5.74) is 9.76. The number of hydrogen-bond donors (Lipinski definition) is 1. The minimum Gasteiger partial charge on any atom is -0.495 e. The second-order valence-electron chi connectivity index (χ2n) is 4.61. The van der Waals surface area contributed by atoms with Crippen molar-refractivity contribution in [2.24, 2.45) is 0 Å². The van der Waals surface area contributed by atoms with Crippen LogP contribution in [-0.2, 0) is 0 Å². The van der Waals surface area contributed by atoms with Gasteiger partial charge in [0.2, 0.25) is 5.95 Å². The smallest absolute Gasteiger partial charge is 0.206 e. The van der Waals surface area contributed by atoms with Gasteiger partial charge in [-0.1, -0.05) is 17.7 Å². The number of nitrogen functional groups attached to an aromatic ring is 1. The van der Waals surface area contributed by atoms with Crippen LogP contribution in [-0.4, -0.2) is 16.7 Å². The Morgan fingerprint density at radius 2 is 2.00 bits per heavy atom. The summed E-state index contributed by atoms with van der Waals surface area (Å²) in [7, 11) is 1.62. The predicted molar refractivity (Wildman–Crippen MR) is 81.8 cm³/mol. The highest BCUT2D eigenvalue weighted by atomic mass is 35.5. The number of halogens is 1. The average molecular weight is 288 g/mol. The Kier molecular flexibility index (Phi) is 3.03. The van der Waals surface area contributed by atoms with Crippen LogP contribution in [0.1, 0.15) is 5.56 Å². The van der Waals surface area contributed by atoms with Gasteiger partial charge in [0, 0.05) is 5.02 Å². The van der Waals surface area contributed by atoms with E-state index in [1.54, 1.807) is 13.2 Å². The summed E-state index contributed by atoms with van der Waals surface area (Å²) >= 11 is 6.10. The standard InChI is InChI=1S/C15H14ClN3O/c1-9-3-5-11-12(7-9)19(15(17)18-11)13-8-10(16)4-6-14(13)20-2/h3-8H,1-2H3,(H2,17,18). The molecule has 20 heavy (non-hydrogen) atoms. The van der Waals surface area contributed by atoms with Crippen LogP contribution >= 0.6 is 11.6 Å². The number of anilines is 1. The fourth-order valence-electron chi connectivity index (χ4n) is 2.29. The van der Waals surface area contributed by atoms with E-state index in [-0.39, 0.29) is 0 Å². The first kappa shape index (κ1) is 12.8. The molecule has 0 bridgehead atoms. The van der Waals surface area contributed by atoms with Crippen molar-refractivity contribution in [2.75, 3.05) is 12.8 Å². The van der Waals surface area contributed by atoms with E-state index in [0.717, 1.165) is 22.3 Å². The summed E-state index contributed by atoms with van der Waals surface area (Å²) in [5, 5.41) is 0.620. The van der Waals surface area contributed by atoms with Gasteiger partial charge in [-0.3, -0.25) is 4.57 Å². The quantitative estimate of drug-likeness (QED) is 0.784. The second kappa shape index (κ2) is 4.72. The summed E-state index contributed by atoms with van der Waals surface area (Å²) in [5.74, 6) is 1.10. The Morgan fingerprint density at radius 3 is 2.75 bits per heavy atom. The number of nitrogens with zero attached hydrogens (tertiary/aromatic N) is 2. The highest BCUT2D eigenvalue weighted by molar-refractivity contribution is 6.30. The van der Waals surface area contributed by atoms with Crippen molar-refractivity contribution in [2.45, 2.75) is 6.92 Å². The van der Waals surface area contributed by atoms with Crippen molar-refractivity contribution < 1.29 is 4.74 Å². The van der Waals surface area contributed by atoms with E-state index in [9.17, 15) is 0 Å². The molecule has 0 atom stereocenters. The van der Waals surface area contributed by atoms with Crippen LogP contribution in [0.2, 0.25) is 5.02 Å². The van der Waals surface area contributed by atoms with Gasteiger partial charge in [0.25, 0.3) is 0 Å². The fourth-order valence-corrected chi connectivity index (χ4v) is 2.46. The number of hydrogen-bond acceptors (Lipinski definition) is 3. The molecule has 0 radical (unpaired) electrons. The van der Waals surface area contributed by atoms with Gasteiger partial charge in [0.1, 0.15) is 5.75 Å². The zero-order valence-corrected chi connectivity index (χ0v) is 12.0. The number of rotatable bonds is 2. The van der Waals surface area contributed by atoms with Gasteiger partial charge in [0.05, 0.1) is 23.8 Å². The Bertz CT molecular complexity index is 795. The first-order valence-electron chi connectivity index (χ1n) is 6.18. The molecule has 2 N–H and O–H groups in total. The molecule has 0 saturated carbocycles. The molecule has 4 nitrogen and oxygen atoms in total. The highest BCUT2D eigenvalue weighted by Gasteiger charge is 2.14. The van der Waals surface area contributed by atoms with Crippen molar-refractivity contribution in [3.8, 4) is 11.4 Å². The van der Waals surface area contributed by atoms with Crippen molar-refractivity contribution in [1.82, 2.24) is 9.55 Å². The highest BCUT2D eigenvalue weighted by Crippen LogP contribution is 2.31. The summed E-state index contributed by atoms with van der Waals surface area (Å²) in [6.45, 7) is 2.03. The number of aromatic nitrogens is 2. The molecule has 102 valence electrons. The molecule has 3 rings (SSSR count). The largest absolute Gasteiger partial charge is 0.495 e. The van der Waals surface area contributed by atoms with Crippen LogP contribution in [0.5, 0.6) is 5.75 Å². The maximum Gasteiger partial charge on any atom is 0.206 e. The van der Waals surface area contributed by atoms with Gasteiger partial charge < -0.3 is 10.5 Å². The zero-order valence-electron chi connectivity index (χ0n) is 11.2. The Hall–Kier alpha value is -2.20. The Balaban J connectivity index is 2.37. The lowest BCUT2D eigenvalue weighted by Crippen LogP contribution is -2.03. The second-order valence-corrected chi connectivity index (χ2v) is 5.05. The van der Waals surface area contributed by atoms with E-state index in [0.29, 0.717) is 16.7 Å². The van der Waals surface area contributed by atoms with Crippen molar-refractivity contribution >= 4 is 28.6 Å². The summed E-state index contributed by atoms with van der Waals surface area (Å²) in [6, 6.07) is 11.4. The molecule has 0 fully saturated rings. The lowest BCUT2D eigenvalue weighted by Gasteiger charge is -2.12. The molecule has 0 saturated heterocycles. The molecule has 0 unspecified atom stereocenters. The monoisotopic (exact) mass is 287 g/mol. The summed E-state index contributed by atoms with van der Waals surface area (Å²) < 4.78 is 7.25. The molecule has 0 spiro atoms. The number of nitrogens with two attached hydrogens (primary N) is 1. The van der Waals surface area contributed by atoms with Crippen molar-refractivity contribution in [3.63, 3.8) is 0 Å². The molecule has 3 aromatic rings. The Morgan fingerprint density at radius 1 is 1.20 bits per heavy atom. The molecule has 0 amide bonds. The predicted octanol–water partition coefficient (Wildman–Crippen LogP) is 3.58. The number of imidazole rings is 1. The maximum absolute atomic E-state index is 6.10. The van der Waals surface area contributed by atoms with Crippen LogP contribution in [0.4, 0.5) is 5.95 Å². The molecular weight excluding hydrogens is 274 g/mol. The van der Waals surface area contributed by atoms with E-state index >= 15 is 0 Å². The lowest BCUT2D eigenvalue weighted by atomic mass is 10.2. The van der Waals surface area contributed by atoms with Gasteiger partial charge in [-0.2, -0.15) is 0 Å². The average Bonchev–Trinajstić information content (AvgIpc) is 2.74. The number of methoxy groups -OCH3 is 1. The van der Waals surface area contributed by atoms with E-state index in [4.69, 9.17) is 22.1 Å². The van der Waals surface area contributed by atoms with Crippen LogP contribution in [0.3, 0.4) is 0 Å². The molecular formula is C15H14ClN3O. The molecule has 0 aliphatic carbocycles. The van der Waals surface area contributed by atoms with Crippen LogP contribution < -0.4 is 10.5 Å². The van der Waals surface area contributed by atoms with Gasteiger partial charge >= 0.3 is 0 Å². The third-order valence-corrected chi connectivity index (χ3v) is 3.45. The number of benzene rings is 2. The van der Waals surface area contributed by atoms with Crippen molar-refractivity contribution in [1.29, 1.82) is 0 Å². The molecule has 0 aliphatic heterocycles. The third-order valence-electron chi connectivity index (χ3n) is 3.22. The van der Waals surface area contributed by atoms with Gasteiger partial charge in [-0.05, 0) is 42.8 Å². The van der Waals surface area contributed by atoms with Crippen LogP contribution in [0.15, 0.2) is 36.4 Å². The zero-order chi connectivity index (χ0) is 14.3. The molecule has 2 aromatic carbocycles. The molecule has 1 aromatic heterocycles. The van der Waals surface area contributed by atoms with Gasteiger partial charge in [0.15, 0.2) is 0 Å². The van der Waals surface area contributed by atoms with E-state index in [1.165, 1.54) is 0 Å². The SMILES string of the molecule is COc1ccc(Cl)cc1-n1c(N)nc2ccc(C)cc21. The van der Waals surface area contributed by atoms with E-state index in [2.05, 4.69) is 4.98 Å². The minimum absolute atomic E-state index is 0.408. The maximum atomic E-state index is 6.10. The molecule has 1 heterocycles. The van der Waals surface area contributed by atoms with E-state index in [1.807, 2.05) is 41.8 Å². The van der Waals surface area contributed by atoms with E-state index < -0.39 is 0 Å². The molecule has 5 heteroatoms. The Labute approximate surface area is 121 Å². The third kappa shape index (κ3) is 1.98. The van der Waals surface area contributed by atoms with Gasteiger partial charge in [-0.15, -0.1) is 0 Å². The van der Waals surface area contributed by atoms with Crippen LogP contribution in [0, 0.1) is 6.92 Å². The number of aryl methyl sites for hydroxylation is 1.